The highest BCUT2D eigenvalue weighted by Gasteiger charge is 2.18. The van der Waals surface area contributed by atoms with Gasteiger partial charge in [0.1, 0.15) is 0 Å². The molecule has 1 saturated carbocycles. The fourth-order valence-electron chi connectivity index (χ4n) is 1.89. The van der Waals surface area contributed by atoms with E-state index in [2.05, 4.69) is 13.0 Å². The summed E-state index contributed by atoms with van der Waals surface area (Å²) < 4.78 is 0. The SMILES string of the molecule is CC(=O)/C=C/[C@@H]1CCCC[C@H]1C. The molecule has 0 aliphatic heterocycles. The minimum absolute atomic E-state index is 0.174. The topological polar surface area (TPSA) is 17.1 Å². The number of carbonyl (C=O) groups excluding carboxylic acids is 1. The van der Waals surface area contributed by atoms with E-state index in [-0.39, 0.29) is 5.78 Å². The Morgan fingerprint density at radius 1 is 1.33 bits per heavy atom. The Morgan fingerprint density at radius 3 is 2.58 bits per heavy atom. The summed E-state index contributed by atoms with van der Waals surface area (Å²) in [7, 11) is 0. The van der Waals surface area contributed by atoms with E-state index in [1.165, 1.54) is 25.7 Å². The van der Waals surface area contributed by atoms with Crippen LogP contribution in [-0.4, -0.2) is 5.78 Å². The molecule has 0 saturated heterocycles. The van der Waals surface area contributed by atoms with Gasteiger partial charge in [0.15, 0.2) is 5.78 Å². The van der Waals surface area contributed by atoms with Crippen molar-refractivity contribution in [1.29, 1.82) is 0 Å². The lowest BCUT2D eigenvalue weighted by atomic mass is 9.80. The first-order valence-corrected chi connectivity index (χ1v) is 4.89. The second-order valence-electron chi connectivity index (χ2n) is 3.90. The van der Waals surface area contributed by atoms with Crippen LogP contribution in [0.3, 0.4) is 0 Å². The summed E-state index contributed by atoms with van der Waals surface area (Å²) in [6.45, 7) is 3.90. The Balaban J connectivity index is 2.43. The van der Waals surface area contributed by atoms with E-state index in [0.717, 1.165) is 5.92 Å². The maximum atomic E-state index is 10.7. The first-order valence-electron chi connectivity index (χ1n) is 4.89. The van der Waals surface area contributed by atoms with Crippen LogP contribution in [0.1, 0.15) is 39.5 Å². The Bertz CT molecular complexity index is 181. The molecule has 12 heavy (non-hydrogen) atoms. The third-order valence-electron chi connectivity index (χ3n) is 2.76. The average Bonchev–Trinajstić information content (AvgIpc) is 2.03. The zero-order chi connectivity index (χ0) is 8.97. The maximum absolute atomic E-state index is 10.7. The average molecular weight is 166 g/mol. The molecule has 0 unspecified atom stereocenters. The van der Waals surface area contributed by atoms with Crippen LogP contribution in [0.5, 0.6) is 0 Å². The predicted octanol–water partition coefficient (Wildman–Crippen LogP) is 2.96. The van der Waals surface area contributed by atoms with Gasteiger partial charge in [0.05, 0.1) is 0 Å². The molecular formula is C11H18O. The van der Waals surface area contributed by atoms with Crippen molar-refractivity contribution in [2.75, 3.05) is 0 Å². The largest absolute Gasteiger partial charge is 0.295 e. The molecule has 0 bridgehead atoms. The van der Waals surface area contributed by atoms with E-state index in [1.807, 2.05) is 0 Å². The van der Waals surface area contributed by atoms with Gasteiger partial charge in [-0.2, -0.15) is 0 Å². The monoisotopic (exact) mass is 166 g/mol. The van der Waals surface area contributed by atoms with Crippen LogP contribution in [0.4, 0.5) is 0 Å². The second kappa shape index (κ2) is 4.44. The lowest BCUT2D eigenvalue weighted by molar-refractivity contribution is -0.112. The molecule has 0 spiro atoms. The molecule has 0 N–H and O–H groups in total. The maximum Gasteiger partial charge on any atom is 0.152 e. The summed E-state index contributed by atoms with van der Waals surface area (Å²) in [4.78, 5) is 10.7. The Hall–Kier alpha value is -0.590. The molecule has 1 aliphatic rings. The minimum atomic E-state index is 0.174. The number of ketones is 1. The molecule has 0 aromatic heterocycles. The molecule has 0 aromatic carbocycles. The van der Waals surface area contributed by atoms with Crippen molar-refractivity contribution in [2.45, 2.75) is 39.5 Å². The number of hydrogen-bond donors (Lipinski definition) is 0. The van der Waals surface area contributed by atoms with Crippen molar-refractivity contribution < 1.29 is 4.79 Å². The smallest absolute Gasteiger partial charge is 0.152 e. The Labute approximate surface area is 74.9 Å². The van der Waals surface area contributed by atoms with Crippen LogP contribution in [0.15, 0.2) is 12.2 Å². The predicted molar refractivity (Wildman–Crippen MR) is 50.9 cm³/mol. The number of rotatable bonds is 2. The Kier molecular flexibility index (Phi) is 3.51. The van der Waals surface area contributed by atoms with Gasteiger partial charge < -0.3 is 0 Å². The third-order valence-corrected chi connectivity index (χ3v) is 2.76. The highest BCUT2D eigenvalue weighted by molar-refractivity contribution is 5.87. The van der Waals surface area contributed by atoms with E-state index in [1.54, 1.807) is 13.0 Å². The molecule has 1 fully saturated rings. The van der Waals surface area contributed by atoms with Crippen LogP contribution in [0.2, 0.25) is 0 Å². The zero-order valence-corrected chi connectivity index (χ0v) is 8.05. The quantitative estimate of drug-likeness (QED) is 0.576. The van der Waals surface area contributed by atoms with Gasteiger partial charge in [0.25, 0.3) is 0 Å². The molecule has 0 radical (unpaired) electrons. The van der Waals surface area contributed by atoms with Crippen LogP contribution in [-0.2, 0) is 4.79 Å². The molecule has 1 rings (SSSR count). The molecule has 1 nitrogen and oxygen atoms in total. The van der Waals surface area contributed by atoms with E-state index in [0.29, 0.717) is 5.92 Å². The van der Waals surface area contributed by atoms with Crippen molar-refractivity contribution >= 4 is 5.78 Å². The van der Waals surface area contributed by atoms with Crippen molar-refractivity contribution in [3.63, 3.8) is 0 Å². The molecule has 2 atom stereocenters. The highest BCUT2D eigenvalue weighted by atomic mass is 16.1. The van der Waals surface area contributed by atoms with Gasteiger partial charge in [-0.05, 0) is 31.3 Å². The molecule has 0 heterocycles. The van der Waals surface area contributed by atoms with Crippen LogP contribution in [0, 0.1) is 11.8 Å². The molecule has 0 amide bonds. The standard InChI is InChI=1S/C11H18O/c1-9-5-3-4-6-11(9)8-7-10(2)12/h7-9,11H,3-6H2,1-2H3/b8-7+/t9-,11+/m1/s1. The van der Waals surface area contributed by atoms with Gasteiger partial charge >= 0.3 is 0 Å². The number of carbonyl (C=O) groups is 1. The van der Waals surface area contributed by atoms with Crippen LogP contribution in [0.25, 0.3) is 0 Å². The van der Waals surface area contributed by atoms with Crippen LogP contribution >= 0.6 is 0 Å². The second-order valence-corrected chi connectivity index (χ2v) is 3.90. The molecule has 0 aromatic rings. The van der Waals surface area contributed by atoms with Gasteiger partial charge in [0.2, 0.25) is 0 Å². The number of allylic oxidation sites excluding steroid dienone is 2. The Morgan fingerprint density at radius 2 is 2.00 bits per heavy atom. The molecular weight excluding hydrogens is 148 g/mol. The lowest BCUT2D eigenvalue weighted by Gasteiger charge is -2.25. The zero-order valence-electron chi connectivity index (χ0n) is 8.05. The van der Waals surface area contributed by atoms with Crippen molar-refractivity contribution in [3.05, 3.63) is 12.2 Å². The molecule has 1 heteroatoms. The van der Waals surface area contributed by atoms with E-state index >= 15 is 0 Å². The van der Waals surface area contributed by atoms with E-state index < -0.39 is 0 Å². The first kappa shape index (κ1) is 9.50. The van der Waals surface area contributed by atoms with Crippen molar-refractivity contribution in [2.24, 2.45) is 11.8 Å². The molecule has 68 valence electrons. The minimum Gasteiger partial charge on any atom is -0.295 e. The molecule has 1 aliphatic carbocycles. The highest BCUT2D eigenvalue weighted by Crippen LogP contribution is 2.30. The van der Waals surface area contributed by atoms with Crippen molar-refractivity contribution in [1.82, 2.24) is 0 Å². The van der Waals surface area contributed by atoms with Gasteiger partial charge in [-0.1, -0.05) is 32.3 Å². The third kappa shape index (κ3) is 2.80. The summed E-state index contributed by atoms with van der Waals surface area (Å²) in [5, 5.41) is 0. The number of hydrogen-bond acceptors (Lipinski definition) is 1. The van der Waals surface area contributed by atoms with Gasteiger partial charge in [0, 0.05) is 0 Å². The van der Waals surface area contributed by atoms with Crippen LogP contribution < -0.4 is 0 Å². The summed E-state index contributed by atoms with van der Waals surface area (Å²) in [5.74, 6) is 1.60. The van der Waals surface area contributed by atoms with Gasteiger partial charge in [-0.25, -0.2) is 0 Å². The first-order chi connectivity index (χ1) is 5.70. The summed E-state index contributed by atoms with van der Waals surface area (Å²) in [5.41, 5.74) is 0. The summed E-state index contributed by atoms with van der Waals surface area (Å²) >= 11 is 0. The fourth-order valence-corrected chi connectivity index (χ4v) is 1.89. The fraction of sp³-hybridized carbons (Fsp3) is 0.727. The normalized spacial score (nSPS) is 30.8. The van der Waals surface area contributed by atoms with Crippen molar-refractivity contribution in [3.8, 4) is 0 Å². The summed E-state index contributed by atoms with van der Waals surface area (Å²) in [6, 6.07) is 0. The van der Waals surface area contributed by atoms with Gasteiger partial charge in [-0.3, -0.25) is 4.79 Å². The van der Waals surface area contributed by atoms with E-state index in [9.17, 15) is 4.79 Å². The lowest BCUT2D eigenvalue weighted by Crippen LogP contribution is -2.14. The van der Waals surface area contributed by atoms with Gasteiger partial charge in [-0.15, -0.1) is 0 Å². The van der Waals surface area contributed by atoms with E-state index in [4.69, 9.17) is 0 Å². The summed E-state index contributed by atoms with van der Waals surface area (Å²) in [6.07, 6.45) is 9.12.